The molecule has 1 aliphatic heterocycles. The molecule has 3 heteroatoms. The Hall–Kier alpha value is -1.06. The lowest BCUT2D eigenvalue weighted by atomic mass is 9.94. The summed E-state index contributed by atoms with van der Waals surface area (Å²) in [5.74, 6) is 0. The number of anilines is 1. The summed E-state index contributed by atoms with van der Waals surface area (Å²) in [5, 5.41) is 13.5. The molecule has 0 radical (unpaired) electrons. The molecule has 1 aliphatic rings. The Kier molecular flexibility index (Phi) is 4.48. The fourth-order valence-corrected chi connectivity index (χ4v) is 2.96. The van der Waals surface area contributed by atoms with Gasteiger partial charge in [-0.05, 0) is 50.9 Å². The molecule has 2 unspecified atom stereocenters. The van der Waals surface area contributed by atoms with Crippen molar-refractivity contribution in [3.63, 3.8) is 0 Å². The predicted molar refractivity (Wildman–Crippen MR) is 80.6 cm³/mol. The van der Waals surface area contributed by atoms with E-state index in [1.807, 2.05) is 14.0 Å². The molecule has 1 aromatic rings. The Bertz CT molecular complexity index is 396. The highest BCUT2D eigenvalue weighted by Crippen LogP contribution is 2.27. The van der Waals surface area contributed by atoms with E-state index in [2.05, 4.69) is 41.4 Å². The molecule has 2 rings (SSSR count). The van der Waals surface area contributed by atoms with E-state index in [-0.39, 0.29) is 0 Å². The first-order valence-electron chi connectivity index (χ1n) is 7.30. The normalized spacial score (nSPS) is 25.4. The Morgan fingerprint density at radius 2 is 2.05 bits per heavy atom. The Balaban J connectivity index is 2.10. The van der Waals surface area contributed by atoms with E-state index >= 15 is 0 Å². The number of nitrogens with one attached hydrogen (secondary N) is 1. The molecule has 2 atom stereocenters. The standard InChI is InChI=1S/C16H26N2O/c1-4-15(17-3)13-6-8-14(9-7-13)18-11-5-10-16(2,19)12-18/h6-9,15,17,19H,4-5,10-12H2,1-3H3. The van der Waals surface area contributed by atoms with Gasteiger partial charge in [-0.3, -0.25) is 0 Å². The number of β-amino-alcohol motifs (C(OH)–C–C–N with tert-alkyl or cyclic N) is 1. The summed E-state index contributed by atoms with van der Waals surface area (Å²) < 4.78 is 0. The van der Waals surface area contributed by atoms with Crippen molar-refractivity contribution in [1.82, 2.24) is 5.32 Å². The zero-order valence-electron chi connectivity index (χ0n) is 12.3. The topological polar surface area (TPSA) is 35.5 Å². The number of hydrogen-bond acceptors (Lipinski definition) is 3. The second kappa shape index (κ2) is 5.93. The van der Waals surface area contributed by atoms with Crippen molar-refractivity contribution in [3.8, 4) is 0 Å². The number of benzene rings is 1. The maximum absolute atomic E-state index is 10.2. The highest BCUT2D eigenvalue weighted by atomic mass is 16.3. The lowest BCUT2D eigenvalue weighted by Crippen LogP contribution is -2.46. The SMILES string of the molecule is CCC(NC)c1ccc(N2CCCC(C)(O)C2)cc1. The summed E-state index contributed by atoms with van der Waals surface area (Å²) in [6, 6.07) is 9.18. The second-order valence-corrected chi connectivity index (χ2v) is 5.86. The third-order valence-corrected chi connectivity index (χ3v) is 4.09. The van der Waals surface area contributed by atoms with Gasteiger partial charge < -0.3 is 15.3 Å². The van der Waals surface area contributed by atoms with Crippen molar-refractivity contribution >= 4 is 5.69 Å². The molecule has 19 heavy (non-hydrogen) atoms. The quantitative estimate of drug-likeness (QED) is 0.876. The van der Waals surface area contributed by atoms with Crippen LogP contribution >= 0.6 is 0 Å². The fraction of sp³-hybridized carbons (Fsp3) is 0.625. The molecule has 1 saturated heterocycles. The molecule has 3 nitrogen and oxygen atoms in total. The van der Waals surface area contributed by atoms with Crippen LogP contribution in [-0.2, 0) is 0 Å². The zero-order valence-corrected chi connectivity index (χ0v) is 12.3. The van der Waals surface area contributed by atoms with Gasteiger partial charge >= 0.3 is 0 Å². The summed E-state index contributed by atoms with van der Waals surface area (Å²) in [6.45, 7) is 5.90. The van der Waals surface area contributed by atoms with Crippen LogP contribution < -0.4 is 10.2 Å². The van der Waals surface area contributed by atoms with Crippen LogP contribution in [-0.4, -0.2) is 30.8 Å². The van der Waals surface area contributed by atoms with E-state index in [1.165, 1.54) is 11.3 Å². The van der Waals surface area contributed by atoms with E-state index < -0.39 is 5.60 Å². The minimum absolute atomic E-state index is 0.429. The summed E-state index contributed by atoms with van der Waals surface area (Å²) in [6.07, 6.45) is 3.05. The smallest absolute Gasteiger partial charge is 0.0794 e. The van der Waals surface area contributed by atoms with Gasteiger partial charge in [0.2, 0.25) is 0 Å². The number of hydrogen-bond donors (Lipinski definition) is 2. The van der Waals surface area contributed by atoms with Gasteiger partial charge in [-0.25, -0.2) is 0 Å². The first kappa shape index (κ1) is 14.4. The highest BCUT2D eigenvalue weighted by molar-refractivity contribution is 5.49. The maximum atomic E-state index is 10.2. The van der Waals surface area contributed by atoms with E-state index in [4.69, 9.17) is 0 Å². The van der Waals surface area contributed by atoms with Crippen LogP contribution in [0.4, 0.5) is 5.69 Å². The molecule has 106 valence electrons. The molecule has 1 aromatic carbocycles. The van der Waals surface area contributed by atoms with Gasteiger partial charge in [0.1, 0.15) is 0 Å². The van der Waals surface area contributed by atoms with Crippen LogP contribution in [0, 0.1) is 0 Å². The van der Waals surface area contributed by atoms with Gasteiger partial charge in [0.05, 0.1) is 5.60 Å². The van der Waals surface area contributed by atoms with Gasteiger partial charge in [0, 0.05) is 24.8 Å². The van der Waals surface area contributed by atoms with Crippen molar-refractivity contribution in [2.75, 3.05) is 25.0 Å². The fourth-order valence-electron chi connectivity index (χ4n) is 2.96. The summed E-state index contributed by atoms with van der Waals surface area (Å²) in [7, 11) is 2.00. The minimum atomic E-state index is -0.548. The molecular weight excluding hydrogens is 236 g/mol. The largest absolute Gasteiger partial charge is 0.388 e. The van der Waals surface area contributed by atoms with Crippen molar-refractivity contribution in [2.24, 2.45) is 0 Å². The molecule has 0 bridgehead atoms. The first-order valence-corrected chi connectivity index (χ1v) is 7.30. The Labute approximate surface area is 116 Å². The van der Waals surface area contributed by atoms with E-state index in [1.54, 1.807) is 0 Å². The van der Waals surface area contributed by atoms with E-state index in [0.717, 1.165) is 32.4 Å². The maximum Gasteiger partial charge on any atom is 0.0794 e. The van der Waals surface area contributed by atoms with Crippen molar-refractivity contribution in [3.05, 3.63) is 29.8 Å². The number of nitrogens with zero attached hydrogens (tertiary/aromatic N) is 1. The number of aliphatic hydroxyl groups is 1. The molecular formula is C16H26N2O. The molecule has 0 saturated carbocycles. The molecule has 0 aliphatic carbocycles. The molecule has 1 fully saturated rings. The van der Waals surface area contributed by atoms with Crippen molar-refractivity contribution in [1.29, 1.82) is 0 Å². The van der Waals surface area contributed by atoms with Crippen LogP contribution in [0.5, 0.6) is 0 Å². The zero-order chi connectivity index (χ0) is 13.9. The average Bonchev–Trinajstić information content (AvgIpc) is 2.40. The molecule has 0 aromatic heterocycles. The van der Waals surface area contributed by atoms with E-state index in [9.17, 15) is 5.11 Å². The average molecular weight is 262 g/mol. The molecule has 2 N–H and O–H groups in total. The minimum Gasteiger partial charge on any atom is -0.388 e. The van der Waals surface area contributed by atoms with Crippen LogP contribution in [0.25, 0.3) is 0 Å². The molecule has 0 amide bonds. The number of piperidine rings is 1. The third kappa shape index (κ3) is 3.48. The lowest BCUT2D eigenvalue weighted by Gasteiger charge is -2.38. The number of rotatable bonds is 4. The molecule has 1 heterocycles. The third-order valence-electron chi connectivity index (χ3n) is 4.09. The van der Waals surface area contributed by atoms with Crippen LogP contribution in [0.2, 0.25) is 0 Å². The Morgan fingerprint density at radius 3 is 2.58 bits per heavy atom. The summed E-state index contributed by atoms with van der Waals surface area (Å²) in [4.78, 5) is 2.29. The van der Waals surface area contributed by atoms with E-state index in [0.29, 0.717) is 6.04 Å². The predicted octanol–water partition coefficient (Wildman–Crippen LogP) is 2.71. The second-order valence-electron chi connectivity index (χ2n) is 5.86. The van der Waals surface area contributed by atoms with Crippen molar-refractivity contribution in [2.45, 2.75) is 44.8 Å². The van der Waals surface area contributed by atoms with Gasteiger partial charge in [-0.1, -0.05) is 19.1 Å². The van der Waals surface area contributed by atoms with Crippen LogP contribution in [0.1, 0.15) is 44.7 Å². The highest BCUT2D eigenvalue weighted by Gasteiger charge is 2.28. The first-order chi connectivity index (χ1) is 9.05. The summed E-state index contributed by atoms with van der Waals surface area (Å²) in [5.41, 5.74) is 2.00. The Morgan fingerprint density at radius 1 is 1.37 bits per heavy atom. The van der Waals surface area contributed by atoms with Gasteiger partial charge in [-0.15, -0.1) is 0 Å². The van der Waals surface area contributed by atoms with Gasteiger partial charge in [0.25, 0.3) is 0 Å². The van der Waals surface area contributed by atoms with Crippen molar-refractivity contribution < 1.29 is 5.11 Å². The molecule has 0 spiro atoms. The van der Waals surface area contributed by atoms with Crippen LogP contribution in [0.3, 0.4) is 0 Å². The van der Waals surface area contributed by atoms with Crippen LogP contribution in [0.15, 0.2) is 24.3 Å². The summed E-state index contributed by atoms with van der Waals surface area (Å²) >= 11 is 0. The van der Waals surface area contributed by atoms with Gasteiger partial charge in [0.15, 0.2) is 0 Å². The lowest BCUT2D eigenvalue weighted by molar-refractivity contribution is 0.0449. The van der Waals surface area contributed by atoms with Gasteiger partial charge in [-0.2, -0.15) is 0 Å². The monoisotopic (exact) mass is 262 g/mol.